The van der Waals surface area contributed by atoms with Gasteiger partial charge in [0.2, 0.25) is 18.0 Å². The van der Waals surface area contributed by atoms with Crippen LogP contribution in [0.4, 0.5) is 0 Å². The fourth-order valence-electron chi connectivity index (χ4n) is 7.40. The lowest BCUT2D eigenvalue weighted by Crippen LogP contribution is -2.70. The molecular formula is C30H38N2O9. The minimum absolute atomic E-state index is 0.00651. The summed E-state index contributed by atoms with van der Waals surface area (Å²) in [6, 6.07) is 6.42. The predicted octanol–water partition coefficient (Wildman–Crippen LogP) is 3.81. The van der Waals surface area contributed by atoms with Gasteiger partial charge in [0.15, 0.2) is 11.9 Å². The minimum atomic E-state index is -1.15. The first-order valence-corrected chi connectivity index (χ1v) is 14.6. The van der Waals surface area contributed by atoms with Crippen LogP contribution in [0.5, 0.6) is 0 Å². The van der Waals surface area contributed by atoms with Crippen LogP contribution in [0.15, 0.2) is 30.5 Å². The number of carbonyl (C=O) groups is 3. The molecule has 1 aliphatic carbocycles. The second-order valence-electron chi connectivity index (χ2n) is 12.3. The van der Waals surface area contributed by atoms with Crippen LogP contribution >= 0.6 is 0 Å². The third-order valence-electron chi connectivity index (χ3n) is 9.63. The molecule has 7 rings (SSSR count). The van der Waals surface area contributed by atoms with E-state index in [2.05, 4.69) is 17.2 Å². The van der Waals surface area contributed by atoms with Crippen molar-refractivity contribution >= 4 is 28.7 Å². The number of nitrogens with one attached hydrogen (secondary N) is 2. The van der Waals surface area contributed by atoms with E-state index in [1.54, 1.807) is 6.20 Å². The molecule has 3 N–H and O–H groups in total. The number of benzene rings is 1. The van der Waals surface area contributed by atoms with Crippen LogP contribution in [0.2, 0.25) is 0 Å². The topological polar surface area (TPSA) is 145 Å². The van der Waals surface area contributed by atoms with Crippen LogP contribution in [0.1, 0.15) is 64.9 Å². The van der Waals surface area contributed by atoms with E-state index in [1.165, 1.54) is 0 Å². The molecule has 9 atom stereocenters. The van der Waals surface area contributed by atoms with E-state index in [-0.39, 0.29) is 37.0 Å². The Morgan fingerprint density at radius 1 is 1.12 bits per heavy atom. The maximum atomic E-state index is 12.9. The molecule has 1 aromatic heterocycles. The van der Waals surface area contributed by atoms with Gasteiger partial charge in [0.05, 0.1) is 6.42 Å². The van der Waals surface area contributed by atoms with Gasteiger partial charge in [-0.25, -0.2) is 14.6 Å². The molecule has 41 heavy (non-hydrogen) atoms. The first kappa shape index (κ1) is 28.1. The maximum absolute atomic E-state index is 12.9. The third-order valence-corrected chi connectivity index (χ3v) is 9.63. The van der Waals surface area contributed by atoms with Crippen LogP contribution in [-0.2, 0) is 44.8 Å². The van der Waals surface area contributed by atoms with E-state index < -0.39 is 47.9 Å². The highest BCUT2D eigenvalue weighted by Crippen LogP contribution is 2.60. The number of aliphatic carboxylic acids is 1. The molecule has 1 amide bonds. The molecule has 1 spiro atoms. The van der Waals surface area contributed by atoms with E-state index in [0.29, 0.717) is 12.3 Å². The first-order valence-electron chi connectivity index (χ1n) is 14.6. The number of fused-ring (bicyclic) bond motifs is 3. The number of amides is 1. The Labute approximate surface area is 238 Å². The maximum Gasteiger partial charge on any atom is 0.326 e. The van der Waals surface area contributed by atoms with Crippen LogP contribution in [0, 0.1) is 23.7 Å². The van der Waals surface area contributed by atoms with Crippen molar-refractivity contribution < 1.29 is 43.5 Å². The SMILES string of the molecule is CC1CCC2C(C)C(OC(=O)CCC(=O)NC(Cc3c[nH]c4ccccc34)C(=O)O)OC3OC4(C)CCC1C32OO4. The normalized spacial score (nSPS) is 36.7. The molecule has 1 saturated carbocycles. The number of H-pyrrole nitrogens is 1. The van der Waals surface area contributed by atoms with E-state index >= 15 is 0 Å². The van der Waals surface area contributed by atoms with Crippen LogP contribution in [0.3, 0.4) is 0 Å². The zero-order valence-electron chi connectivity index (χ0n) is 23.6. The molecular weight excluding hydrogens is 532 g/mol. The summed E-state index contributed by atoms with van der Waals surface area (Å²) in [5, 5.41) is 13.2. The molecule has 2 aromatic rings. The van der Waals surface area contributed by atoms with Gasteiger partial charge in [-0.2, -0.15) is 0 Å². The van der Waals surface area contributed by atoms with Crippen molar-refractivity contribution in [2.45, 2.75) is 95.7 Å². The molecule has 1 aromatic carbocycles. The average Bonchev–Trinajstić information content (AvgIpc) is 3.21. The van der Waals surface area contributed by atoms with Gasteiger partial charge in [0, 0.05) is 48.2 Å². The van der Waals surface area contributed by atoms with Crippen molar-refractivity contribution in [3.8, 4) is 0 Å². The number of esters is 1. The Morgan fingerprint density at radius 2 is 1.93 bits per heavy atom. The lowest BCUT2D eigenvalue weighted by Gasteiger charge is -2.59. The number of ether oxygens (including phenoxy) is 3. The van der Waals surface area contributed by atoms with Crippen molar-refractivity contribution in [3.05, 3.63) is 36.0 Å². The third kappa shape index (κ3) is 5.03. The Morgan fingerprint density at radius 3 is 2.73 bits per heavy atom. The fraction of sp³-hybridized carbons (Fsp3) is 0.633. The zero-order chi connectivity index (χ0) is 28.9. The van der Waals surface area contributed by atoms with Gasteiger partial charge in [-0.1, -0.05) is 32.0 Å². The molecule has 5 aliphatic rings. The molecule has 11 heteroatoms. The molecule has 5 heterocycles. The molecule has 2 bridgehead atoms. The summed E-state index contributed by atoms with van der Waals surface area (Å²) in [7, 11) is 0. The van der Waals surface area contributed by atoms with Crippen LogP contribution < -0.4 is 5.32 Å². The number of aromatic amines is 1. The largest absolute Gasteiger partial charge is 0.480 e. The molecule has 11 nitrogen and oxygen atoms in total. The van der Waals surface area contributed by atoms with E-state index in [0.717, 1.165) is 35.7 Å². The van der Waals surface area contributed by atoms with Gasteiger partial charge in [0.1, 0.15) is 6.04 Å². The predicted molar refractivity (Wildman–Crippen MR) is 144 cm³/mol. The number of aromatic nitrogens is 1. The second kappa shape index (κ2) is 10.7. The number of carboxylic acids is 1. The Bertz CT molecular complexity index is 1330. The molecule has 4 aliphatic heterocycles. The molecule has 0 radical (unpaired) electrons. The number of rotatable bonds is 8. The summed E-state index contributed by atoms with van der Waals surface area (Å²) < 4.78 is 18.3. The monoisotopic (exact) mass is 570 g/mol. The van der Waals surface area contributed by atoms with Crippen molar-refractivity contribution in [2.24, 2.45) is 23.7 Å². The van der Waals surface area contributed by atoms with Crippen molar-refractivity contribution in [1.82, 2.24) is 10.3 Å². The van der Waals surface area contributed by atoms with E-state index in [9.17, 15) is 19.5 Å². The quantitative estimate of drug-likeness (QED) is 0.319. The van der Waals surface area contributed by atoms with E-state index in [4.69, 9.17) is 24.0 Å². The van der Waals surface area contributed by atoms with Gasteiger partial charge < -0.3 is 29.6 Å². The second-order valence-corrected chi connectivity index (χ2v) is 12.3. The number of hydrogen-bond acceptors (Lipinski definition) is 8. The number of carbonyl (C=O) groups excluding carboxylic acids is 2. The zero-order valence-corrected chi connectivity index (χ0v) is 23.6. The van der Waals surface area contributed by atoms with Gasteiger partial charge in [-0.15, -0.1) is 0 Å². The summed E-state index contributed by atoms with van der Waals surface area (Å²) in [5.74, 6) is -2.78. The van der Waals surface area contributed by atoms with Crippen molar-refractivity contribution in [2.75, 3.05) is 0 Å². The van der Waals surface area contributed by atoms with Gasteiger partial charge in [0.25, 0.3) is 0 Å². The highest BCUT2D eigenvalue weighted by molar-refractivity contribution is 5.87. The number of hydrogen-bond donors (Lipinski definition) is 3. The highest BCUT2D eigenvalue weighted by atomic mass is 17.3. The van der Waals surface area contributed by atoms with Crippen LogP contribution in [0.25, 0.3) is 10.9 Å². The number of carboxylic acid groups (broad SMARTS) is 1. The Hall–Kier alpha value is -2.99. The fourth-order valence-corrected chi connectivity index (χ4v) is 7.40. The lowest BCUT2D eigenvalue weighted by molar-refractivity contribution is -0.576. The summed E-state index contributed by atoms with van der Waals surface area (Å²) in [5.41, 5.74) is 0.914. The van der Waals surface area contributed by atoms with Gasteiger partial charge in [-0.3, -0.25) is 9.59 Å². The average molecular weight is 571 g/mol. The summed E-state index contributed by atoms with van der Waals surface area (Å²) in [4.78, 5) is 52.5. The first-order chi connectivity index (χ1) is 19.6. The molecule has 222 valence electrons. The standard InChI is InChI=1S/C30H38N2O9/c1-16-8-9-21-17(2)27(38-28-30(21)20(16)12-13-29(3,39-28)40-41-30)37-25(34)11-10-24(33)32-23(26(35)36)14-18-15-31-22-7-5-4-6-19(18)22/h4-7,15-17,20-21,23,27-28,31H,8-14H2,1-3H3,(H,32,33)(H,35,36). The van der Waals surface area contributed by atoms with E-state index in [1.807, 2.05) is 38.1 Å². The van der Waals surface area contributed by atoms with Crippen molar-refractivity contribution in [3.63, 3.8) is 0 Å². The summed E-state index contributed by atoms with van der Waals surface area (Å²) in [6.45, 7) is 6.05. The van der Waals surface area contributed by atoms with Gasteiger partial charge >= 0.3 is 11.9 Å². The Kier molecular flexibility index (Phi) is 7.34. The van der Waals surface area contributed by atoms with Crippen molar-refractivity contribution in [1.29, 1.82) is 0 Å². The minimum Gasteiger partial charge on any atom is -0.480 e. The molecule has 5 fully saturated rings. The highest BCUT2D eigenvalue weighted by Gasteiger charge is 2.69. The lowest BCUT2D eigenvalue weighted by atomic mass is 9.58. The van der Waals surface area contributed by atoms with Gasteiger partial charge in [-0.05, 0) is 49.7 Å². The molecule has 9 unspecified atom stereocenters. The Balaban J connectivity index is 1.06. The van der Waals surface area contributed by atoms with Crippen LogP contribution in [-0.4, -0.2) is 57.9 Å². The summed E-state index contributed by atoms with van der Waals surface area (Å²) >= 11 is 0. The number of para-hydroxylation sites is 1. The smallest absolute Gasteiger partial charge is 0.326 e. The molecule has 4 saturated heterocycles. The summed E-state index contributed by atoms with van der Waals surface area (Å²) in [6.07, 6.45) is 3.31.